The quantitative estimate of drug-likeness (QED) is 0.575. The van der Waals surface area contributed by atoms with Crippen molar-refractivity contribution in [2.75, 3.05) is 5.01 Å². The van der Waals surface area contributed by atoms with Crippen molar-refractivity contribution in [2.24, 2.45) is 5.10 Å². The van der Waals surface area contributed by atoms with Gasteiger partial charge in [-0.2, -0.15) is 5.10 Å². The second-order valence-electron chi connectivity index (χ2n) is 6.24. The summed E-state index contributed by atoms with van der Waals surface area (Å²) in [5.74, 6) is 0. The first-order valence-electron chi connectivity index (χ1n) is 8.47. The molecule has 0 radical (unpaired) electrons. The van der Waals surface area contributed by atoms with Gasteiger partial charge in [0.2, 0.25) is 0 Å². The summed E-state index contributed by atoms with van der Waals surface area (Å²) in [5, 5.41) is 7.64. The van der Waals surface area contributed by atoms with Gasteiger partial charge < -0.3 is 0 Å². The third-order valence-corrected chi connectivity index (χ3v) is 4.82. The molecule has 4 heteroatoms. The lowest BCUT2D eigenvalue weighted by Gasteiger charge is -2.24. The van der Waals surface area contributed by atoms with E-state index in [1.165, 1.54) is 5.56 Å². The highest BCUT2D eigenvalue weighted by Crippen LogP contribution is 2.36. The molecule has 1 aliphatic heterocycles. The number of benzene rings is 3. The van der Waals surface area contributed by atoms with Crippen LogP contribution in [-0.2, 0) is 0 Å². The second-order valence-corrected chi connectivity index (χ2v) is 6.67. The Labute approximate surface area is 157 Å². The number of hydrogen-bond acceptors (Lipinski definition) is 3. The zero-order valence-electron chi connectivity index (χ0n) is 14.0. The first kappa shape index (κ1) is 16.6. The molecule has 0 unspecified atom stereocenters. The van der Waals surface area contributed by atoms with Gasteiger partial charge in [0.1, 0.15) is 6.29 Å². The van der Waals surface area contributed by atoms with Crippen LogP contribution in [0.4, 0.5) is 5.69 Å². The fourth-order valence-corrected chi connectivity index (χ4v) is 3.33. The Morgan fingerprint density at radius 2 is 1.62 bits per heavy atom. The van der Waals surface area contributed by atoms with E-state index in [1.807, 2.05) is 71.7 Å². The van der Waals surface area contributed by atoms with Crippen molar-refractivity contribution in [2.45, 2.75) is 12.5 Å². The maximum atomic E-state index is 10.9. The lowest BCUT2D eigenvalue weighted by molar-refractivity contribution is 0.112. The average Bonchev–Trinajstić information content (AvgIpc) is 3.15. The molecule has 3 aromatic rings. The number of carbonyl (C=O) groups excluding carboxylic acids is 1. The zero-order valence-corrected chi connectivity index (χ0v) is 14.8. The summed E-state index contributed by atoms with van der Waals surface area (Å²) in [7, 11) is 0. The van der Waals surface area contributed by atoms with Crippen LogP contribution >= 0.6 is 11.6 Å². The van der Waals surface area contributed by atoms with Gasteiger partial charge in [-0.05, 0) is 47.5 Å². The standard InChI is InChI=1S/C22H17ClN2O/c23-19-10-8-17(9-11-19)21-14-22(18-4-2-1-3-5-18)25(24-21)20-12-6-16(15-26)7-13-20/h1-13,15,22H,14H2/t22-/m0/s1. The highest BCUT2D eigenvalue weighted by atomic mass is 35.5. The van der Waals surface area contributed by atoms with Crippen LogP contribution in [0.2, 0.25) is 5.02 Å². The van der Waals surface area contributed by atoms with Gasteiger partial charge in [0.25, 0.3) is 0 Å². The first-order chi connectivity index (χ1) is 12.7. The maximum Gasteiger partial charge on any atom is 0.150 e. The molecule has 128 valence electrons. The molecule has 0 N–H and O–H groups in total. The second kappa shape index (κ2) is 7.14. The summed E-state index contributed by atoms with van der Waals surface area (Å²) >= 11 is 6.02. The van der Waals surface area contributed by atoms with E-state index in [0.29, 0.717) is 10.6 Å². The minimum absolute atomic E-state index is 0.115. The monoisotopic (exact) mass is 360 g/mol. The summed E-state index contributed by atoms with van der Waals surface area (Å²) < 4.78 is 0. The number of hydrazone groups is 1. The number of nitrogens with zero attached hydrogens (tertiary/aromatic N) is 2. The number of anilines is 1. The SMILES string of the molecule is O=Cc1ccc(N2N=C(c3ccc(Cl)cc3)C[C@H]2c2ccccc2)cc1. The Hall–Kier alpha value is -2.91. The molecule has 3 aromatic carbocycles. The Morgan fingerprint density at radius 3 is 2.27 bits per heavy atom. The molecule has 1 aliphatic rings. The normalized spacial score (nSPS) is 16.4. The number of hydrogen-bond donors (Lipinski definition) is 0. The summed E-state index contributed by atoms with van der Waals surface area (Å²) in [5.41, 5.74) is 4.93. The lowest BCUT2D eigenvalue weighted by atomic mass is 9.98. The Balaban J connectivity index is 1.73. The average molecular weight is 361 g/mol. The van der Waals surface area contributed by atoms with Crippen molar-refractivity contribution < 1.29 is 4.79 Å². The number of carbonyl (C=O) groups is 1. The predicted molar refractivity (Wildman–Crippen MR) is 106 cm³/mol. The minimum Gasteiger partial charge on any atom is -0.298 e. The third kappa shape index (κ3) is 3.26. The van der Waals surface area contributed by atoms with Crippen molar-refractivity contribution in [3.8, 4) is 0 Å². The van der Waals surface area contributed by atoms with E-state index in [4.69, 9.17) is 16.7 Å². The largest absolute Gasteiger partial charge is 0.298 e. The van der Waals surface area contributed by atoms with E-state index in [-0.39, 0.29) is 6.04 Å². The lowest BCUT2D eigenvalue weighted by Crippen LogP contribution is -2.18. The van der Waals surface area contributed by atoms with Crippen molar-refractivity contribution in [1.82, 2.24) is 0 Å². The van der Waals surface area contributed by atoms with Gasteiger partial charge in [-0.1, -0.05) is 54.1 Å². The first-order valence-corrected chi connectivity index (χ1v) is 8.85. The molecule has 0 aromatic heterocycles. The van der Waals surface area contributed by atoms with Crippen molar-refractivity contribution in [3.05, 3.63) is 101 Å². The summed E-state index contributed by atoms with van der Waals surface area (Å²) in [6.07, 6.45) is 1.66. The zero-order chi connectivity index (χ0) is 17.9. The van der Waals surface area contributed by atoms with Crippen LogP contribution in [0.5, 0.6) is 0 Å². The van der Waals surface area contributed by atoms with Crippen LogP contribution < -0.4 is 5.01 Å². The molecule has 1 heterocycles. The van der Waals surface area contributed by atoms with Crippen LogP contribution in [0.15, 0.2) is 84.0 Å². The third-order valence-electron chi connectivity index (χ3n) is 4.57. The fourth-order valence-electron chi connectivity index (χ4n) is 3.21. The van der Waals surface area contributed by atoms with Crippen LogP contribution in [-0.4, -0.2) is 12.0 Å². The highest BCUT2D eigenvalue weighted by Gasteiger charge is 2.29. The van der Waals surface area contributed by atoms with E-state index in [0.717, 1.165) is 29.7 Å². The fraction of sp³-hybridized carbons (Fsp3) is 0.0909. The van der Waals surface area contributed by atoms with Crippen LogP contribution in [0.25, 0.3) is 0 Å². The molecule has 0 bridgehead atoms. The van der Waals surface area contributed by atoms with Gasteiger partial charge in [0.15, 0.2) is 0 Å². The molecule has 0 amide bonds. The molecule has 1 atom stereocenters. The van der Waals surface area contributed by atoms with Crippen molar-refractivity contribution in [3.63, 3.8) is 0 Å². The molecule has 0 saturated carbocycles. The molecule has 4 rings (SSSR count). The van der Waals surface area contributed by atoms with Gasteiger partial charge in [-0.25, -0.2) is 0 Å². The minimum atomic E-state index is 0.115. The molecule has 3 nitrogen and oxygen atoms in total. The molecule has 0 saturated heterocycles. The summed E-state index contributed by atoms with van der Waals surface area (Å²) in [6.45, 7) is 0. The molecule has 0 aliphatic carbocycles. The smallest absolute Gasteiger partial charge is 0.150 e. The molecule has 0 fully saturated rings. The topological polar surface area (TPSA) is 32.7 Å². The Kier molecular flexibility index (Phi) is 4.55. The van der Waals surface area contributed by atoms with Crippen LogP contribution in [0.1, 0.15) is 33.9 Å². The Bertz CT molecular complexity index is 934. The predicted octanol–water partition coefficient (Wildman–Crippen LogP) is 5.51. The van der Waals surface area contributed by atoms with E-state index < -0.39 is 0 Å². The maximum absolute atomic E-state index is 10.9. The van der Waals surface area contributed by atoms with Crippen LogP contribution in [0, 0.1) is 0 Å². The number of rotatable bonds is 4. The Morgan fingerprint density at radius 1 is 0.923 bits per heavy atom. The van der Waals surface area contributed by atoms with E-state index >= 15 is 0 Å². The number of halogens is 1. The summed E-state index contributed by atoms with van der Waals surface area (Å²) in [4.78, 5) is 10.9. The molecular formula is C22H17ClN2O. The highest BCUT2D eigenvalue weighted by molar-refractivity contribution is 6.30. The summed E-state index contributed by atoms with van der Waals surface area (Å²) in [6, 6.07) is 25.8. The van der Waals surface area contributed by atoms with Gasteiger partial charge in [0, 0.05) is 17.0 Å². The number of aldehydes is 1. The van der Waals surface area contributed by atoms with Gasteiger partial charge in [-0.3, -0.25) is 9.80 Å². The van der Waals surface area contributed by atoms with Crippen molar-refractivity contribution in [1.29, 1.82) is 0 Å². The van der Waals surface area contributed by atoms with E-state index in [1.54, 1.807) is 0 Å². The molecule has 26 heavy (non-hydrogen) atoms. The van der Waals surface area contributed by atoms with E-state index in [2.05, 4.69) is 12.1 Å². The molecular weight excluding hydrogens is 344 g/mol. The van der Waals surface area contributed by atoms with Crippen molar-refractivity contribution >= 4 is 29.3 Å². The molecule has 0 spiro atoms. The van der Waals surface area contributed by atoms with Gasteiger partial charge in [0.05, 0.1) is 17.4 Å². The van der Waals surface area contributed by atoms with Crippen LogP contribution in [0.3, 0.4) is 0 Å². The van der Waals surface area contributed by atoms with Gasteiger partial charge in [-0.15, -0.1) is 0 Å². The van der Waals surface area contributed by atoms with E-state index in [9.17, 15) is 4.79 Å². The van der Waals surface area contributed by atoms with Gasteiger partial charge >= 0.3 is 0 Å².